The summed E-state index contributed by atoms with van der Waals surface area (Å²) >= 11 is 3.94. The Balaban J connectivity index is 2.10. The summed E-state index contributed by atoms with van der Waals surface area (Å²) in [6.07, 6.45) is 4.91. The fraction of sp³-hybridized carbons (Fsp3) is 0.421. The van der Waals surface area contributed by atoms with Crippen LogP contribution < -0.4 is 4.72 Å². The van der Waals surface area contributed by atoms with Gasteiger partial charge in [-0.2, -0.15) is 0 Å². The van der Waals surface area contributed by atoms with Crippen LogP contribution in [0.15, 0.2) is 18.2 Å². The van der Waals surface area contributed by atoms with Gasteiger partial charge in [0.15, 0.2) is 0 Å². The van der Waals surface area contributed by atoms with Gasteiger partial charge in [0, 0.05) is 37.1 Å². The first-order chi connectivity index (χ1) is 12.2. The highest BCUT2D eigenvalue weighted by Crippen LogP contribution is 2.28. The molecule has 0 spiro atoms. The van der Waals surface area contributed by atoms with E-state index in [9.17, 15) is 14.4 Å². The van der Waals surface area contributed by atoms with E-state index in [2.05, 4.69) is 29.4 Å². The first-order valence-corrected chi connectivity index (χ1v) is 8.85. The normalized spacial score (nSPS) is 13.8. The van der Waals surface area contributed by atoms with Gasteiger partial charge >= 0.3 is 0 Å². The number of carbonyl (C=O) groups excluding carboxylic acids is 3. The molecule has 0 bridgehead atoms. The average Bonchev–Trinajstić information content (AvgIpc) is 2.96. The maximum Gasteiger partial charge on any atom is 0.255 e. The standard InChI is InChI=1S/C19H22N2O3S/c22-12-6-9-16(14-23)21-13-18-15(7-3-1-2-4-11-20-25)8-5-10-17(18)19(21)24/h5,8,10,12,14,16,20,25H,1-2,4,6,9,11,13H2. The molecule has 0 radical (unpaired) electrons. The number of rotatable bonds is 9. The van der Waals surface area contributed by atoms with E-state index in [4.69, 9.17) is 0 Å². The van der Waals surface area contributed by atoms with E-state index in [0.717, 1.165) is 49.5 Å². The number of aldehydes is 2. The molecule has 1 unspecified atom stereocenters. The molecule has 0 saturated carbocycles. The van der Waals surface area contributed by atoms with Crippen LogP contribution in [0.1, 0.15) is 53.6 Å². The van der Waals surface area contributed by atoms with Crippen LogP contribution in [0.4, 0.5) is 0 Å². The van der Waals surface area contributed by atoms with Crippen LogP contribution in [0.5, 0.6) is 0 Å². The minimum Gasteiger partial charge on any atom is -0.324 e. The number of nitrogens with one attached hydrogen (secondary N) is 1. The SMILES string of the molecule is O=CCCC(C=O)N1Cc2c(C#CCCCCNS)cccc2C1=O. The Bertz CT molecular complexity index is 694. The van der Waals surface area contributed by atoms with Gasteiger partial charge in [0.1, 0.15) is 12.6 Å². The Labute approximate surface area is 153 Å². The molecule has 1 N–H and O–H groups in total. The second-order valence-corrected chi connectivity index (χ2v) is 6.20. The minimum absolute atomic E-state index is 0.165. The monoisotopic (exact) mass is 358 g/mol. The number of carbonyl (C=O) groups is 3. The third kappa shape index (κ3) is 4.94. The molecule has 6 heteroatoms. The zero-order valence-corrected chi connectivity index (χ0v) is 14.9. The lowest BCUT2D eigenvalue weighted by Crippen LogP contribution is -2.36. The zero-order chi connectivity index (χ0) is 18.1. The van der Waals surface area contributed by atoms with Gasteiger partial charge in [-0.3, -0.25) is 9.52 Å². The highest BCUT2D eigenvalue weighted by atomic mass is 32.1. The van der Waals surface area contributed by atoms with Crippen molar-refractivity contribution in [2.45, 2.75) is 44.7 Å². The van der Waals surface area contributed by atoms with Crippen molar-refractivity contribution >= 4 is 31.3 Å². The molecule has 132 valence electrons. The number of amides is 1. The molecule has 1 aliphatic heterocycles. The number of hydrogen-bond acceptors (Lipinski definition) is 5. The third-order valence-corrected chi connectivity index (χ3v) is 4.42. The lowest BCUT2D eigenvalue weighted by atomic mass is 10.0. The number of unbranched alkanes of at least 4 members (excludes halogenated alkanes) is 2. The Morgan fingerprint density at radius 1 is 1.32 bits per heavy atom. The summed E-state index contributed by atoms with van der Waals surface area (Å²) in [5, 5.41) is 0. The minimum atomic E-state index is -0.570. The lowest BCUT2D eigenvalue weighted by molar-refractivity contribution is -0.112. The van der Waals surface area contributed by atoms with Crippen LogP contribution in [0.2, 0.25) is 0 Å². The lowest BCUT2D eigenvalue weighted by Gasteiger charge is -2.22. The molecule has 1 amide bonds. The second kappa shape index (κ2) is 10.0. The summed E-state index contributed by atoms with van der Waals surface area (Å²) < 4.78 is 2.80. The number of fused-ring (bicyclic) bond motifs is 1. The molecule has 5 nitrogen and oxygen atoms in total. The van der Waals surface area contributed by atoms with Crippen LogP contribution in [-0.2, 0) is 16.1 Å². The molecule has 0 fully saturated rings. The zero-order valence-electron chi connectivity index (χ0n) is 14.0. The smallest absolute Gasteiger partial charge is 0.255 e. The van der Waals surface area contributed by atoms with Crippen LogP contribution in [0, 0.1) is 11.8 Å². The predicted molar refractivity (Wildman–Crippen MR) is 99.2 cm³/mol. The van der Waals surface area contributed by atoms with E-state index in [1.165, 1.54) is 4.90 Å². The van der Waals surface area contributed by atoms with Gasteiger partial charge in [0.25, 0.3) is 5.91 Å². The van der Waals surface area contributed by atoms with Crippen molar-refractivity contribution in [3.63, 3.8) is 0 Å². The van der Waals surface area contributed by atoms with Crippen LogP contribution in [0.25, 0.3) is 0 Å². The maximum atomic E-state index is 12.6. The van der Waals surface area contributed by atoms with E-state index in [1.54, 1.807) is 6.07 Å². The fourth-order valence-electron chi connectivity index (χ4n) is 2.85. The third-order valence-electron chi connectivity index (χ3n) is 4.20. The molecular formula is C19H22N2O3S. The van der Waals surface area contributed by atoms with Gasteiger partial charge in [0.2, 0.25) is 0 Å². The van der Waals surface area contributed by atoms with Gasteiger partial charge in [-0.25, -0.2) is 0 Å². The maximum absolute atomic E-state index is 12.6. The molecule has 0 saturated heterocycles. The van der Waals surface area contributed by atoms with Crippen molar-refractivity contribution in [2.75, 3.05) is 6.54 Å². The predicted octanol–water partition coefficient (Wildman–Crippen LogP) is 2.15. The van der Waals surface area contributed by atoms with Crippen LogP contribution in [0.3, 0.4) is 0 Å². The van der Waals surface area contributed by atoms with Gasteiger partial charge in [-0.05, 0) is 37.0 Å². The summed E-state index contributed by atoms with van der Waals surface area (Å²) in [5.41, 5.74) is 2.31. The van der Waals surface area contributed by atoms with Gasteiger partial charge in [-0.15, -0.1) is 0 Å². The molecule has 2 rings (SSSR count). The molecule has 1 heterocycles. The van der Waals surface area contributed by atoms with Crippen LogP contribution >= 0.6 is 12.8 Å². The van der Waals surface area contributed by atoms with Crippen LogP contribution in [-0.4, -0.2) is 36.0 Å². The Morgan fingerprint density at radius 3 is 2.88 bits per heavy atom. The van der Waals surface area contributed by atoms with Crippen molar-refractivity contribution in [1.82, 2.24) is 9.62 Å². The fourth-order valence-corrected chi connectivity index (χ4v) is 3.01. The first-order valence-electron chi connectivity index (χ1n) is 8.40. The Kier molecular flexibility index (Phi) is 7.71. The van der Waals surface area contributed by atoms with E-state index in [-0.39, 0.29) is 12.3 Å². The van der Waals surface area contributed by atoms with E-state index >= 15 is 0 Å². The van der Waals surface area contributed by atoms with Gasteiger partial charge in [-0.1, -0.05) is 30.7 Å². The first kappa shape index (κ1) is 19.2. The van der Waals surface area contributed by atoms with Gasteiger partial charge in [0.05, 0.1) is 6.04 Å². The molecule has 1 aromatic carbocycles. The topological polar surface area (TPSA) is 66.5 Å². The second-order valence-electron chi connectivity index (χ2n) is 5.88. The van der Waals surface area contributed by atoms with E-state index in [0.29, 0.717) is 18.5 Å². The quantitative estimate of drug-likeness (QED) is 0.307. The molecule has 25 heavy (non-hydrogen) atoms. The molecule has 0 aromatic heterocycles. The summed E-state index contributed by atoms with van der Waals surface area (Å²) in [7, 11) is 0. The Morgan fingerprint density at radius 2 is 2.16 bits per heavy atom. The van der Waals surface area contributed by atoms with Crippen molar-refractivity contribution in [1.29, 1.82) is 0 Å². The summed E-state index contributed by atoms with van der Waals surface area (Å²) in [6.45, 7) is 1.22. The summed E-state index contributed by atoms with van der Waals surface area (Å²) in [6, 6.07) is 4.91. The number of nitrogens with zero attached hydrogens (tertiary/aromatic N) is 1. The molecule has 1 aliphatic rings. The van der Waals surface area contributed by atoms with Crippen molar-refractivity contribution in [3.8, 4) is 11.8 Å². The highest BCUT2D eigenvalue weighted by Gasteiger charge is 2.33. The molecule has 1 aromatic rings. The average molecular weight is 358 g/mol. The van der Waals surface area contributed by atoms with E-state index in [1.807, 2.05) is 12.1 Å². The Hall–Kier alpha value is -2.10. The number of hydrogen-bond donors (Lipinski definition) is 2. The van der Waals surface area contributed by atoms with Crippen molar-refractivity contribution < 1.29 is 14.4 Å². The van der Waals surface area contributed by atoms with Crippen molar-refractivity contribution in [3.05, 3.63) is 34.9 Å². The largest absolute Gasteiger partial charge is 0.324 e. The molecule has 1 atom stereocenters. The molecular weight excluding hydrogens is 336 g/mol. The number of benzene rings is 1. The van der Waals surface area contributed by atoms with Crippen molar-refractivity contribution in [2.24, 2.45) is 0 Å². The van der Waals surface area contributed by atoms with E-state index < -0.39 is 6.04 Å². The highest BCUT2D eigenvalue weighted by molar-refractivity contribution is 7.78. The molecule has 0 aliphatic carbocycles. The number of thiol groups is 1. The summed E-state index contributed by atoms with van der Waals surface area (Å²) in [5.74, 6) is 6.13. The van der Waals surface area contributed by atoms with Gasteiger partial charge < -0.3 is 14.5 Å². The summed E-state index contributed by atoms with van der Waals surface area (Å²) in [4.78, 5) is 36.0.